The third kappa shape index (κ3) is 4.34. The Kier molecular flexibility index (Phi) is 5.82. The first-order valence-corrected chi connectivity index (χ1v) is 13.2. The summed E-state index contributed by atoms with van der Waals surface area (Å²) in [5.41, 5.74) is 4.37. The molecule has 8 nitrogen and oxygen atoms in total. The van der Waals surface area contributed by atoms with Gasteiger partial charge >= 0.3 is 0 Å². The van der Waals surface area contributed by atoms with E-state index in [9.17, 15) is 4.79 Å². The van der Waals surface area contributed by atoms with Crippen LogP contribution >= 0.6 is 11.3 Å². The highest BCUT2D eigenvalue weighted by Gasteiger charge is 2.31. The van der Waals surface area contributed by atoms with E-state index in [0.29, 0.717) is 24.8 Å². The molecule has 1 amide bonds. The number of pyridine rings is 2. The molecule has 2 fully saturated rings. The van der Waals surface area contributed by atoms with Crippen molar-refractivity contribution in [3.05, 3.63) is 63.5 Å². The van der Waals surface area contributed by atoms with E-state index in [1.165, 1.54) is 5.01 Å². The average molecular weight is 488 g/mol. The highest BCUT2D eigenvalue weighted by Crippen LogP contribution is 2.41. The minimum atomic E-state index is 0.0737. The predicted molar refractivity (Wildman–Crippen MR) is 136 cm³/mol. The van der Waals surface area contributed by atoms with Gasteiger partial charge in [0.1, 0.15) is 0 Å². The number of hydrogen-bond acceptors (Lipinski definition) is 7. The number of piperazine rings is 1. The summed E-state index contributed by atoms with van der Waals surface area (Å²) < 4.78 is 1.78. The zero-order valence-electron chi connectivity index (χ0n) is 20.1. The van der Waals surface area contributed by atoms with Crippen LogP contribution in [0, 0.1) is 6.92 Å². The van der Waals surface area contributed by atoms with Crippen molar-refractivity contribution in [3.8, 4) is 5.82 Å². The third-order valence-corrected chi connectivity index (χ3v) is 7.91. The van der Waals surface area contributed by atoms with E-state index in [1.54, 1.807) is 22.2 Å². The smallest absolute Gasteiger partial charge is 0.254 e. The monoisotopic (exact) mass is 487 g/mol. The number of amides is 1. The molecule has 5 heterocycles. The van der Waals surface area contributed by atoms with Crippen molar-refractivity contribution in [2.75, 3.05) is 26.2 Å². The second kappa shape index (κ2) is 9.13. The van der Waals surface area contributed by atoms with Crippen molar-refractivity contribution in [2.24, 2.45) is 0 Å². The minimum Gasteiger partial charge on any atom is -0.336 e. The Morgan fingerprint density at radius 1 is 1.14 bits per heavy atom. The largest absolute Gasteiger partial charge is 0.336 e. The van der Waals surface area contributed by atoms with Crippen molar-refractivity contribution in [2.45, 2.75) is 45.6 Å². The van der Waals surface area contributed by atoms with Crippen LogP contribution in [-0.4, -0.2) is 66.6 Å². The first kappa shape index (κ1) is 22.3. The number of carbonyl (C=O) groups is 1. The van der Waals surface area contributed by atoms with E-state index in [4.69, 9.17) is 15.1 Å². The van der Waals surface area contributed by atoms with Gasteiger partial charge in [0.05, 0.1) is 27.3 Å². The van der Waals surface area contributed by atoms with Crippen LogP contribution in [0.15, 0.2) is 35.8 Å². The van der Waals surface area contributed by atoms with Crippen molar-refractivity contribution in [3.63, 3.8) is 0 Å². The summed E-state index contributed by atoms with van der Waals surface area (Å²) in [4.78, 5) is 32.3. The summed E-state index contributed by atoms with van der Waals surface area (Å²) in [6.07, 6.45) is 4.98. The molecule has 0 spiro atoms. The molecule has 2 aliphatic rings. The fraction of sp³-hybridized carbons (Fsp3) is 0.423. The van der Waals surface area contributed by atoms with Gasteiger partial charge < -0.3 is 4.90 Å². The zero-order chi connectivity index (χ0) is 23.9. The topological polar surface area (TPSA) is 80.0 Å². The van der Waals surface area contributed by atoms with Gasteiger partial charge in [0.15, 0.2) is 11.5 Å². The molecule has 6 rings (SSSR count). The van der Waals surface area contributed by atoms with E-state index in [1.807, 2.05) is 36.1 Å². The van der Waals surface area contributed by atoms with E-state index < -0.39 is 0 Å². The third-order valence-electron chi connectivity index (χ3n) is 6.87. The normalized spacial score (nSPS) is 16.8. The lowest BCUT2D eigenvalue weighted by atomic mass is 10.1. The number of carbonyl (C=O) groups excluding carboxylic acids is 1. The number of fused-ring (bicyclic) bond motifs is 1. The summed E-state index contributed by atoms with van der Waals surface area (Å²) >= 11 is 1.73. The summed E-state index contributed by atoms with van der Waals surface area (Å²) in [5, 5.41) is 8.92. The van der Waals surface area contributed by atoms with Gasteiger partial charge in [-0.25, -0.2) is 15.0 Å². The van der Waals surface area contributed by atoms with Crippen molar-refractivity contribution < 1.29 is 4.79 Å². The first-order valence-electron chi connectivity index (χ1n) is 12.4. The van der Waals surface area contributed by atoms with Crippen LogP contribution in [0.3, 0.4) is 0 Å². The van der Waals surface area contributed by atoms with Gasteiger partial charge in [-0.3, -0.25) is 9.69 Å². The second-order valence-electron chi connectivity index (χ2n) is 9.41. The predicted octanol–water partition coefficient (Wildman–Crippen LogP) is 3.98. The standard InChI is InChI=1S/C26H29N7OS/c1-3-23-28-19(16-35-23)15-31-10-12-32(13-11-31)26(34)20-14-21(18-7-8-18)29-25-24(20)17(2)30-33(25)22-6-4-5-9-27-22/h4-6,9,14,16,18H,3,7-8,10-13,15H2,1-2H3. The fourth-order valence-corrected chi connectivity index (χ4v) is 5.53. The Labute approximate surface area is 208 Å². The van der Waals surface area contributed by atoms with Crippen molar-refractivity contribution in [1.82, 2.24) is 34.5 Å². The van der Waals surface area contributed by atoms with Crippen molar-refractivity contribution >= 4 is 28.3 Å². The molecule has 180 valence electrons. The van der Waals surface area contributed by atoms with Crippen LogP contribution in [-0.2, 0) is 13.0 Å². The fourth-order valence-electron chi connectivity index (χ4n) is 4.80. The molecule has 0 unspecified atom stereocenters. The molecule has 0 N–H and O–H groups in total. The van der Waals surface area contributed by atoms with E-state index in [0.717, 1.165) is 72.6 Å². The molecule has 0 aromatic carbocycles. The Hall–Kier alpha value is -3.17. The summed E-state index contributed by atoms with van der Waals surface area (Å²) in [6, 6.07) is 7.77. The van der Waals surface area contributed by atoms with Crippen LogP contribution < -0.4 is 0 Å². The molecule has 0 radical (unpaired) electrons. The summed E-state index contributed by atoms with van der Waals surface area (Å²) in [7, 11) is 0. The zero-order valence-corrected chi connectivity index (χ0v) is 21.0. The molecule has 4 aromatic heterocycles. The maximum absolute atomic E-state index is 13.8. The number of aryl methyl sites for hydroxylation is 2. The quantitative estimate of drug-likeness (QED) is 0.409. The molecule has 1 saturated heterocycles. The highest BCUT2D eigenvalue weighted by molar-refractivity contribution is 7.09. The molecule has 35 heavy (non-hydrogen) atoms. The lowest BCUT2D eigenvalue weighted by Crippen LogP contribution is -2.48. The van der Waals surface area contributed by atoms with E-state index >= 15 is 0 Å². The van der Waals surface area contributed by atoms with Gasteiger partial charge in [-0.2, -0.15) is 9.78 Å². The minimum absolute atomic E-state index is 0.0737. The van der Waals surface area contributed by atoms with Crippen LogP contribution in [0.25, 0.3) is 16.9 Å². The number of nitrogens with zero attached hydrogens (tertiary/aromatic N) is 7. The first-order chi connectivity index (χ1) is 17.1. The summed E-state index contributed by atoms with van der Waals surface area (Å²) in [5.74, 6) is 1.22. The van der Waals surface area contributed by atoms with Crippen LogP contribution in [0.4, 0.5) is 0 Å². The highest BCUT2D eigenvalue weighted by atomic mass is 32.1. The number of thiazole rings is 1. The molecule has 9 heteroatoms. The van der Waals surface area contributed by atoms with Crippen molar-refractivity contribution in [1.29, 1.82) is 0 Å². The second-order valence-corrected chi connectivity index (χ2v) is 10.3. The van der Waals surface area contributed by atoms with Gasteiger partial charge in [0, 0.05) is 55.9 Å². The van der Waals surface area contributed by atoms with E-state index in [2.05, 4.69) is 22.2 Å². The Morgan fingerprint density at radius 3 is 2.66 bits per heavy atom. The molecule has 0 atom stereocenters. The van der Waals surface area contributed by atoms with Crippen LogP contribution in [0.2, 0.25) is 0 Å². The van der Waals surface area contributed by atoms with E-state index in [-0.39, 0.29) is 5.91 Å². The summed E-state index contributed by atoms with van der Waals surface area (Å²) in [6.45, 7) is 8.05. The molecule has 4 aromatic rings. The average Bonchev–Trinajstić information content (AvgIpc) is 3.57. The molecular formula is C26H29N7OS. The van der Waals surface area contributed by atoms with Crippen LogP contribution in [0.5, 0.6) is 0 Å². The SMILES string of the molecule is CCc1nc(CN2CCN(C(=O)c3cc(C4CC4)nc4c3c(C)nn4-c3ccccn3)CC2)cs1. The Balaban J connectivity index is 1.27. The van der Waals surface area contributed by atoms with Gasteiger partial charge in [-0.1, -0.05) is 13.0 Å². The maximum atomic E-state index is 13.8. The lowest BCUT2D eigenvalue weighted by molar-refractivity contribution is 0.0629. The molecule has 1 aliphatic carbocycles. The molecule has 0 bridgehead atoms. The number of aromatic nitrogens is 5. The van der Waals surface area contributed by atoms with Gasteiger partial charge in [0.25, 0.3) is 5.91 Å². The van der Waals surface area contributed by atoms with Crippen LogP contribution in [0.1, 0.15) is 58.1 Å². The lowest BCUT2D eigenvalue weighted by Gasteiger charge is -2.34. The maximum Gasteiger partial charge on any atom is 0.254 e. The van der Waals surface area contributed by atoms with Gasteiger partial charge in [0.2, 0.25) is 0 Å². The Morgan fingerprint density at radius 2 is 1.97 bits per heavy atom. The Bertz CT molecular complexity index is 1370. The molecule has 1 saturated carbocycles. The van der Waals surface area contributed by atoms with Gasteiger partial charge in [-0.15, -0.1) is 11.3 Å². The molecule has 1 aliphatic heterocycles. The molecular weight excluding hydrogens is 458 g/mol. The number of rotatable bonds is 6. The van der Waals surface area contributed by atoms with Gasteiger partial charge in [-0.05, 0) is 44.4 Å². The number of hydrogen-bond donors (Lipinski definition) is 0.